The van der Waals surface area contributed by atoms with Crippen molar-refractivity contribution >= 4 is 33.9 Å². The van der Waals surface area contributed by atoms with Gasteiger partial charge in [-0.1, -0.05) is 0 Å². The second kappa shape index (κ2) is 4.46. The number of hydrogen-bond donors (Lipinski definition) is 0. The number of alkyl halides is 1. The number of aryl methyl sites for hydroxylation is 1. The van der Waals surface area contributed by atoms with Gasteiger partial charge in [0.15, 0.2) is 4.96 Å². The number of halogens is 1. The van der Waals surface area contributed by atoms with Crippen LogP contribution in [0.3, 0.4) is 0 Å². The Kier molecular flexibility index (Phi) is 3.17. The summed E-state index contributed by atoms with van der Waals surface area (Å²) in [6, 6.07) is 1.32. The van der Waals surface area contributed by atoms with E-state index in [1.807, 2.05) is 0 Å². The van der Waals surface area contributed by atoms with E-state index in [-0.39, 0.29) is 17.1 Å². The lowest BCUT2D eigenvalue weighted by molar-refractivity contribution is 0.0592. The van der Waals surface area contributed by atoms with Crippen molar-refractivity contribution in [1.82, 2.24) is 9.38 Å². The molecular formula is C10H9ClN2O3S. The summed E-state index contributed by atoms with van der Waals surface area (Å²) < 4.78 is 5.90. The second-order valence-electron chi connectivity index (χ2n) is 3.34. The molecule has 0 aliphatic carbocycles. The number of hydrogen-bond acceptors (Lipinski definition) is 5. The molecule has 7 heteroatoms. The van der Waals surface area contributed by atoms with E-state index >= 15 is 0 Å². The van der Waals surface area contributed by atoms with Gasteiger partial charge in [-0.05, 0) is 6.92 Å². The summed E-state index contributed by atoms with van der Waals surface area (Å²) in [5.41, 5.74) is 0.399. The van der Waals surface area contributed by atoms with Crippen molar-refractivity contribution in [2.24, 2.45) is 0 Å². The van der Waals surface area contributed by atoms with Gasteiger partial charge in [-0.25, -0.2) is 14.2 Å². The molecule has 2 aromatic rings. The predicted octanol–water partition coefficient (Wildman–Crippen LogP) is 1.59. The summed E-state index contributed by atoms with van der Waals surface area (Å²) in [6.07, 6.45) is 0. The minimum Gasteiger partial charge on any atom is -0.464 e. The topological polar surface area (TPSA) is 60.7 Å². The SMILES string of the molecule is COC(=O)c1c(C)sc2nc(CCl)cc(=O)n12. The summed E-state index contributed by atoms with van der Waals surface area (Å²) in [4.78, 5) is 28.8. The third kappa shape index (κ3) is 1.94. The molecule has 0 atom stereocenters. The highest BCUT2D eigenvalue weighted by molar-refractivity contribution is 7.17. The van der Waals surface area contributed by atoms with Crippen LogP contribution >= 0.6 is 22.9 Å². The van der Waals surface area contributed by atoms with Gasteiger partial charge in [-0.3, -0.25) is 4.79 Å². The lowest BCUT2D eigenvalue weighted by atomic mass is 10.3. The highest BCUT2D eigenvalue weighted by Gasteiger charge is 2.19. The summed E-state index contributed by atoms with van der Waals surface area (Å²) in [5, 5.41) is 0. The molecule has 2 rings (SSSR count). The van der Waals surface area contributed by atoms with E-state index in [1.165, 1.54) is 28.9 Å². The van der Waals surface area contributed by atoms with Gasteiger partial charge < -0.3 is 4.74 Å². The van der Waals surface area contributed by atoms with Crippen LogP contribution in [0.2, 0.25) is 0 Å². The zero-order valence-electron chi connectivity index (χ0n) is 9.19. The molecule has 2 heterocycles. The number of thiazole rings is 1. The number of nitrogens with zero attached hydrogens (tertiary/aromatic N) is 2. The molecule has 0 fully saturated rings. The third-order valence-electron chi connectivity index (χ3n) is 2.26. The summed E-state index contributed by atoms with van der Waals surface area (Å²) in [6.45, 7) is 1.74. The van der Waals surface area contributed by atoms with E-state index < -0.39 is 5.97 Å². The predicted molar refractivity (Wildman–Crippen MR) is 65.0 cm³/mol. The highest BCUT2D eigenvalue weighted by Crippen LogP contribution is 2.20. The van der Waals surface area contributed by atoms with E-state index in [0.717, 1.165) is 0 Å². The first-order valence-electron chi connectivity index (χ1n) is 4.75. The van der Waals surface area contributed by atoms with Gasteiger partial charge >= 0.3 is 5.97 Å². The summed E-state index contributed by atoms with van der Waals surface area (Å²) >= 11 is 6.90. The van der Waals surface area contributed by atoms with Crippen LogP contribution in [0, 0.1) is 6.92 Å². The van der Waals surface area contributed by atoms with Crippen LogP contribution in [0.4, 0.5) is 0 Å². The van der Waals surface area contributed by atoms with E-state index in [4.69, 9.17) is 11.6 Å². The average Bonchev–Trinajstić information content (AvgIpc) is 2.64. The molecule has 0 radical (unpaired) electrons. The largest absolute Gasteiger partial charge is 0.464 e. The van der Waals surface area contributed by atoms with Crippen LogP contribution in [0.25, 0.3) is 4.96 Å². The first kappa shape index (κ1) is 12.1. The maximum absolute atomic E-state index is 11.9. The molecule has 0 N–H and O–H groups in total. The van der Waals surface area contributed by atoms with Crippen LogP contribution in [-0.2, 0) is 10.6 Å². The Morgan fingerprint density at radius 3 is 2.94 bits per heavy atom. The number of esters is 1. The van der Waals surface area contributed by atoms with Crippen LogP contribution in [0.1, 0.15) is 21.1 Å². The number of ether oxygens (including phenoxy) is 1. The van der Waals surface area contributed by atoms with Crippen LogP contribution in [0.5, 0.6) is 0 Å². The first-order valence-corrected chi connectivity index (χ1v) is 6.10. The molecule has 0 aliphatic rings. The second-order valence-corrected chi connectivity index (χ2v) is 4.78. The molecule has 2 aromatic heterocycles. The number of carbonyl (C=O) groups excluding carboxylic acids is 1. The van der Waals surface area contributed by atoms with Gasteiger partial charge in [-0.15, -0.1) is 22.9 Å². The molecule has 0 amide bonds. The van der Waals surface area contributed by atoms with Gasteiger partial charge in [0, 0.05) is 10.9 Å². The van der Waals surface area contributed by atoms with Crippen molar-refractivity contribution in [3.05, 3.63) is 32.7 Å². The first-order chi connectivity index (χ1) is 8.08. The maximum atomic E-state index is 11.9. The Hall–Kier alpha value is -1.40. The molecule has 90 valence electrons. The standard InChI is InChI=1S/C10H9ClN2O3S/c1-5-8(9(15)16-2)13-7(14)3-6(4-11)12-10(13)17-5/h3H,4H2,1-2H3. The smallest absolute Gasteiger partial charge is 0.356 e. The van der Waals surface area contributed by atoms with Gasteiger partial charge in [0.2, 0.25) is 0 Å². The fourth-order valence-electron chi connectivity index (χ4n) is 1.52. The van der Waals surface area contributed by atoms with Crippen LogP contribution in [0.15, 0.2) is 10.9 Å². The number of aromatic nitrogens is 2. The van der Waals surface area contributed by atoms with Crippen LogP contribution in [-0.4, -0.2) is 22.5 Å². The van der Waals surface area contributed by atoms with Crippen molar-refractivity contribution in [2.75, 3.05) is 7.11 Å². The fourth-order valence-corrected chi connectivity index (χ4v) is 2.64. The van der Waals surface area contributed by atoms with Gasteiger partial charge in [0.05, 0.1) is 18.7 Å². The molecule has 0 aromatic carbocycles. The molecule has 0 bridgehead atoms. The minimum absolute atomic E-state index is 0.163. The molecule has 0 saturated heterocycles. The Bertz CT molecular complexity index is 647. The van der Waals surface area contributed by atoms with Gasteiger partial charge in [-0.2, -0.15) is 0 Å². The van der Waals surface area contributed by atoms with Gasteiger partial charge in [0.1, 0.15) is 5.69 Å². The molecule has 0 saturated carbocycles. The molecular weight excluding hydrogens is 264 g/mol. The van der Waals surface area contributed by atoms with Gasteiger partial charge in [0.25, 0.3) is 5.56 Å². The monoisotopic (exact) mass is 272 g/mol. The van der Waals surface area contributed by atoms with Crippen molar-refractivity contribution in [2.45, 2.75) is 12.8 Å². The Morgan fingerprint density at radius 2 is 2.35 bits per heavy atom. The number of methoxy groups -OCH3 is 1. The number of carbonyl (C=O) groups is 1. The molecule has 0 aliphatic heterocycles. The highest BCUT2D eigenvalue weighted by atomic mass is 35.5. The minimum atomic E-state index is -0.545. The third-order valence-corrected chi connectivity index (χ3v) is 3.49. The maximum Gasteiger partial charge on any atom is 0.356 e. The molecule has 0 unspecified atom stereocenters. The van der Waals surface area contributed by atoms with Crippen molar-refractivity contribution in [1.29, 1.82) is 0 Å². The lowest BCUT2D eigenvalue weighted by Gasteiger charge is -2.00. The summed E-state index contributed by atoms with van der Waals surface area (Å²) in [5.74, 6) is -0.382. The van der Waals surface area contributed by atoms with Crippen molar-refractivity contribution < 1.29 is 9.53 Å². The lowest BCUT2D eigenvalue weighted by Crippen LogP contribution is -2.19. The van der Waals surface area contributed by atoms with E-state index in [1.54, 1.807) is 6.92 Å². The molecule has 0 spiro atoms. The van der Waals surface area contributed by atoms with Crippen LogP contribution < -0.4 is 5.56 Å². The van der Waals surface area contributed by atoms with E-state index in [2.05, 4.69) is 9.72 Å². The van der Waals surface area contributed by atoms with Crippen molar-refractivity contribution in [3.8, 4) is 0 Å². The quantitative estimate of drug-likeness (QED) is 0.615. The Balaban J connectivity index is 2.83. The number of fused-ring (bicyclic) bond motifs is 1. The Labute approximate surface area is 106 Å². The summed E-state index contributed by atoms with van der Waals surface area (Å²) in [7, 11) is 1.27. The average molecular weight is 273 g/mol. The fraction of sp³-hybridized carbons (Fsp3) is 0.300. The number of rotatable bonds is 2. The van der Waals surface area contributed by atoms with E-state index in [9.17, 15) is 9.59 Å². The molecule has 5 nitrogen and oxygen atoms in total. The van der Waals surface area contributed by atoms with E-state index in [0.29, 0.717) is 15.5 Å². The zero-order chi connectivity index (χ0) is 12.6. The normalized spacial score (nSPS) is 10.8. The molecule has 17 heavy (non-hydrogen) atoms. The Morgan fingerprint density at radius 1 is 1.65 bits per heavy atom. The zero-order valence-corrected chi connectivity index (χ0v) is 10.8. The van der Waals surface area contributed by atoms with Crippen molar-refractivity contribution in [3.63, 3.8) is 0 Å².